The van der Waals surface area contributed by atoms with Crippen molar-refractivity contribution in [3.05, 3.63) is 16.1 Å². The van der Waals surface area contributed by atoms with Crippen LogP contribution < -0.4 is 5.32 Å². The van der Waals surface area contributed by atoms with Gasteiger partial charge in [-0.15, -0.1) is 11.3 Å². The van der Waals surface area contributed by atoms with Gasteiger partial charge in [-0.05, 0) is 26.7 Å². The summed E-state index contributed by atoms with van der Waals surface area (Å²) in [5.74, 6) is 0.239. The highest BCUT2D eigenvalue weighted by Crippen LogP contribution is 2.13. The average molecular weight is 281 g/mol. The molecule has 19 heavy (non-hydrogen) atoms. The molecule has 1 unspecified atom stereocenters. The predicted octanol–water partition coefficient (Wildman–Crippen LogP) is 2.33. The molecule has 1 aromatic rings. The van der Waals surface area contributed by atoms with E-state index in [-0.39, 0.29) is 11.9 Å². The maximum absolute atomic E-state index is 12.3. The minimum atomic E-state index is -0.111. The summed E-state index contributed by atoms with van der Waals surface area (Å²) in [6, 6.07) is -0.111. The van der Waals surface area contributed by atoms with Gasteiger partial charge in [-0.1, -0.05) is 12.8 Å². The fourth-order valence-corrected chi connectivity index (χ4v) is 3.14. The van der Waals surface area contributed by atoms with Crippen LogP contribution in [0.5, 0.6) is 0 Å². The number of rotatable bonds is 4. The second-order valence-corrected chi connectivity index (χ2v) is 6.51. The Labute approximate surface area is 119 Å². The average Bonchev–Trinajstić information content (AvgIpc) is 2.67. The maximum atomic E-state index is 12.3. The van der Waals surface area contributed by atoms with Crippen LogP contribution in [0.1, 0.15) is 42.5 Å². The van der Waals surface area contributed by atoms with Gasteiger partial charge in [-0.2, -0.15) is 0 Å². The number of hydrogen-bond acceptors (Lipinski definition) is 4. The van der Waals surface area contributed by atoms with E-state index < -0.39 is 0 Å². The third kappa shape index (κ3) is 4.28. The Balaban J connectivity index is 1.81. The van der Waals surface area contributed by atoms with Crippen molar-refractivity contribution in [2.45, 2.75) is 52.1 Å². The molecule has 1 N–H and O–H groups in total. The van der Waals surface area contributed by atoms with Gasteiger partial charge in [-0.25, -0.2) is 4.98 Å². The second-order valence-electron chi connectivity index (χ2n) is 5.19. The lowest BCUT2D eigenvalue weighted by Gasteiger charge is -2.24. The highest BCUT2D eigenvalue weighted by Gasteiger charge is 2.20. The number of aryl methyl sites for hydroxylation is 1. The molecular weight excluding hydrogens is 258 g/mol. The Morgan fingerprint density at radius 3 is 2.68 bits per heavy atom. The van der Waals surface area contributed by atoms with Crippen LogP contribution in [0, 0.1) is 6.92 Å². The fourth-order valence-electron chi connectivity index (χ4n) is 2.39. The Morgan fingerprint density at radius 2 is 2.11 bits per heavy atom. The molecule has 1 saturated heterocycles. The number of carbonyl (C=O) groups is 1. The molecule has 4 nitrogen and oxygen atoms in total. The van der Waals surface area contributed by atoms with Crippen LogP contribution in [0.2, 0.25) is 0 Å². The summed E-state index contributed by atoms with van der Waals surface area (Å²) in [7, 11) is 0. The van der Waals surface area contributed by atoms with Gasteiger partial charge in [0.25, 0.3) is 0 Å². The van der Waals surface area contributed by atoms with Crippen molar-refractivity contribution in [1.82, 2.24) is 15.2 Å². The lowest BCUT2D eigenvalue weighted by atomic mass is 10.2. The van der Waals surface area contributed by atoms with E-state index in [0.717, 1.165) is 37.5 Å². The normalized spacial score (nSPS) is 18.1. The minimum absolute atomic E-state index is 0.111. The molecule has 106 valence electrons. The van der Waals surface area contributed by atoms with E-state index in [1.165, 1.54) is 17.7 Å². The van der Waals surface area contributed by atoms with Crippen molar-refractivity contribution in [1.29, 1.82) is 0 Å². The van der Waals surface area contributed by atoms with Crippen LogP contribution in [0.25, 0.3) is 0 Å². The molecule has 2 rings (SSSR count). The van der Waals surface area contributed by atoms with E-state index in [9.17, 15) is 4.79 Å². The maximum Gasteiger partial charge on any atom is 0.239 e. The highest BCUT2D eigenvalue weighted by atomic mass is 32.1. The smallest absolute Gasteiger partial charge is 0.239 e. The van der Waals surface area contributed by atoms with Crippen molar-refractivity contribution in [3.63, 3.8) is 0 Å². The predicted molar refractivity (Wildman–Crippen MR) is 78.2 cm³/mol. The molecular formula is C14H23N3OS. The molecule has 1 aliphatic rings. The Hall–Kier alpha value is -0.940. The van der Waals surface area contributed by atoms with E-state index in [4.69, 9.17) is 0 Å². The number of hydrogen-bond donors (Lipinski definition) is 1. The van der Waals surface area contributed by atoms with Crippen LogP contribution in [0.3, 0.4) is 0 Å². The van der Waals surface area contributed by atoms with E-state index in [2.05, 4.69) is 10.3 Å². The lowest BCUT2D eigenvalue weighted by molar-refractivity contribution is -0.133. The summed E-state index contributed by atoms with van der Waals surface area (Å²) in [5.41, 5.74) is 0. The van der Waals surface area contributed by atoms with Crippen molar-refractivity contribution in [2.75, 3.05) is 13.1 Å². The Kier molecular flexibility index (Phi) is 5.34. The molecule has 2 heterocycles. The summed E-state index contributed by atoms with van der Waals surface area (Å²) >= 11 is 1.68. The number of amides is 1. The summed E-state index contributed by atoms with van der Waals surface area (Å²) in [6.07, 6.45) is 6.69. The molecule has 0 saturated carbocycles. The van der Waals surface area contributed by atoms with Crippen LogP contribution in [-0.2, 0) is 11.3 Å². The zero-order chi connectivity index (χ0) is 13.7. The van der Waals surface area contributed by atoms with Gasteiger partial charge in [0.15, 0.2) is 0 Å². The monoisotopic (exact) mass is 281 g/mol. The van der Waals surface area contributed by atoms with Crippen LogP contribution >= 0.6 is 11.3 Å². The zero-order valence-electron chi connectivity index (χ0n) is 11.8. The Morgan fingerprint density at radius 1 is 1.42 bits per heavy atom. The lowest BCUT2D eigenvalue weighted by Crippen LogP contribution is -2.44. The van der Waals surface area contributed by atoms with Gasteiger partial charge >= 0.3 is 0 Å². The molecule has 0 radical (unpaired) electrons. The number of carbonyl (C=O) groups excluding carboxylic acids is 1. The summed E-state index contributed by atoms with van der Waals surface area (Å²) in [4.78, 5) is 19.8. The number of nitrogens with zero attached hydrogens (tertiary/aromatic N) is 2. The SMILES string of the molecule is Cc1ncc(CNC(C)C(=O)N2CCCCCC2)s1. The summed E-state index contributed by atoms with van der Waals surface area (Å²) in [5, 5.41) is 4.38. The number of aromatic nitrogens is 1. The van der Waals surface area contributed by atoms with Gasteiger partial charge in [0, 0.05) is 30.7 Å². The second kappa shape index (κ2) is 7.01. The van der Waals surface area contributed by atoms with Crippen LogP contribution in [0.15, 0.2) is 6.20 Å². The first-order chi connectivity index (χ1) is 9.16. The first-order valence-electron chi connectivity index (χ1n) is 7.10. The van der Waals surface area contributed by atoms with E-state index >= 15 is 0 Å². The van der Waals surface area contributed by atoms with E-state index in [1.807, 2.05) is 24.9 Å². The van der Waals surface area contributed by atoms with Crippen molar-refractivity contribution >= 4 is 17.2 Å². The number of nitrogens with one attached hydrogen (secondary N) is 1. The number of likely N-dealkylation sites (tertiary alicyclic amines) is 1. The van der Waals surface area contributed by atoms with Crippen LogP contribution in [-0.4, -0.2) is 34.9 Å². The Bertz CT molecular complexity index is 411. The molecule has 1 aromatic heterocycles. The number of thiazole rings is 1. The molecule has 0 spiro atoms. The fraction of sp³-hybridized carbons (Fsp3) is 0.714. The quantitative estimate of drug-likeness (QED) is 0.921. The molecule has 1 atom stereocenters. The van der Waals surface area contributed by atoms with Crippen molar-refractivity contribution in [3.8, 4) is 0 Å². The van der Waals surface area contributed by atoms with Crippen molar-refractivity contribution in [2.24, 2.45) is 0 Å². The molecule has 0 aliphatic carbocycles. The molecule has 0 bridgehead atoms. The molecule has 5 heteroatoms. The third-order valence-electron chi connectivity index (χ3n) is 3.54. The van der Waals surface area contributed by atoms with Gasteiger partial charge in [-0.3, -0.25) is 4.79 Å². The zero-order valence-corrected chi connectivity index (χ0v) is 12.6. The minimum Gasteiger partial charge on any atom is -0.341 e. The highest BCUT2D eigenvalue weighted by molar-refractivity contribution is 7.11. The third-order valence-corrected chi connectivity index (χ3v) is 4.45. The van der Waals surface area contributed by atoms with Gasteiger partial charge in [0.05, 0.1) is 11.0 Å². The first-order valence-corrected chi connectivity index (χ1v) is 7.92. The van der Waals surface area contributed by atoms with E-state index in [1.54, 1.807) is 11.3 Å². The molecule has 1 amide bonds. The summed E-state index contributed by atoms with van der Waals surface area (Å²) in [6.45, 7) is 6.53. The van der Waals surface area contributed by atoms with E-state index in [0.29, 0.717) is 0 Å². The standard InChI is InChI=1S/C14H23N3OS/c1-11(15-9-13-10-16-12(2)19-13)14(18)17-7-5-3-4-6-8-17/h10-11,15H,3-9H2,1-2H3. The first kappa shape index (κ1) is 14.5. The van der Waals surface area contributed by atoms with Gasteiger partial charge in [0.2, 0.25) is 5.91 Å². The topological polar surface area (TPSA) is 45.2 Å². The van der Waals surface area contributed by atoms with Gasteiger partial charge < -0.3 is 10.2 Å². The van der Waals surface area contributed by atoms with Crippen LogP contribution in [0.4, 0.5) is 0 Å². The molecule has 1 fully saturated rings. The summed E-state index contributed by atoms with van der Waals surface area (Å²) < 4.78 is 0. The van der Waals surface area contributed by atoms with Gasteiger partial charge in [0.1, 0.15) is 0 Å². The molecule has 1 aliphatic heterocycles. The largest absolute Gasteiger partial charge is 0.341 e. The van der Waals surface area contributed by atoms with Crippen molar-refractivity contribution < 1.29 is 4.79 Å². The molecule has 0 aromatic carbocycles.